The molecule has 0 aromatic heterocycles. The van der Waals surface area contributed by atoms with Gasteiger partial charge in [-0.05, 0) is 43.7 Å². The molecule has 156 valence electrons. The molecule has 1 heterocycles. The maximum absolute atomic E-state index is 12.9. The van der Waals surface area contributed by atoms with E-state index in [1.807, 2.05) is 54.6 Å². The molecular weight excluding hydrogens is 380 g/mol. The number of carbonyl (C=O) groups excluding carboxylic acids is 3. The lowest BCUT2D eigenvalue weighted by Crippen LogP contribution is -2.58. The van der Waals surface area contributed by atoms with Crippen molar-refractivity contribution >= 4 is 29.2 Å². The summed E-state index contributed by atoms with van der Waals surface area (Å²) in [6.45, 7) is 9.96. The van der Waals surface area contributed by atoms with E-state index in [1.54, 1.807) is 0 Å². The molecular formula is C23H26N4O3. The van der Waals surface area contributed by atoms with Crippen molar-refractivity contribution in [3.8, 4) is 0 Å². The quantitative estimate of drug-likeness (QED) is 0.657. The van der Waals surface area contributed by atoms with E-state index < -0.39 is 23.8 Å². The number of anilines is 2. The van der Waals surface area contributed by atoms with E-state index in [1.165, 1.54) is 0 Å². The molecule has 30 heavy (non-hydrogen) atoms. The number of carbonyl (C=O) groups is 3. The summed E-state index contributed by atoms with van der Waals surface area (Å²) < 4.78 is 0. The number of imide groups is 2. The number of nitrogens with one attached hydrogen (secondary N) is 2. The van der Waals surface area contributed by atoms with E-state index in [0.717, 1.165) is 29.2 Å². The van der Waals surface area contributed by atoms with Gasteiger partial charge in [0.1, 0.15) is 0 Å². The molecule has 0 aliphatic carbocycles. The minimum absolute atomic E-state index is 0.0845. The second-order valence-corrected chi connectivity index (χ2v) is 7.01. The molecule has 7 heteroatoms. The summed E-state index contributed by atoms with van der Waals surface area (Å²) in [6, 6.07) is 16.1. The summed E-state index contributed by atoms with van der Waals surface area (Å²) in [5, 5.41) is 5.30. The standard InChI is InChI=1S/C23H26N4O3/c1-4-26(5-2)19-13-11-18(12-14-19)24-16(3)20-21(28)25-23(30)27(22(20)29)15-17-9-7-6-8-10-17/h6-14,20,24H,3-5,15H2,1-2H3,(H,25,28,30)/t20-/m1/s1. The van der Waals surface area contributed by atoms with E-state index >= 15 is 0 Å². The Morgan fingerprint density at radius 3 is 2.27 bits per heavy atom. The predicted molar refractivity (Wildman–Crippen MR) is 117 cm³/mol. The number of hydrogen-bond acceptors (Lipinski definition) is 5. The van der Waals surface area contributed by atoms with Gasteiger partial charge in [0, 0.05) is 30.2 Å². The minimum Gasteiger partial charge on any atom is -0.372 e. The Hall–Kier alpha value is -3.61. The van der Waals surface area contributed by atoms with E-state index in [4.69, 9.17) is 0 Å². The molecule has 2 N–H and O–H groups in total. The summed E-state index contributed by atoms with van der Waals surface area (Å²) in [4.78, 5) is 40.8. The number of hydrogen-bond donors (Lipinski definition) is 2. The lowest BCUT2D eigenvalue weighted by Gasteiger charge is -2.31. The molecule has 2 aromatic carbocycles. The molecule has 1 aliphatic rings. The molecule has 4 amide bonds. The predicted octanol–water partition coefficient (Wildman–Crippen LogP) is 3.35. The molecule has 1 fully saturated rings. The maximum atomic E-state index is 12.9. The number of rotatable bonds is 8. The van der Waals surface area contributed by atoms with Crippen LogP contribution in [-0.2, 0) is 16.1 Å². The lowest BCUT2D eigenvalue weighted by molar-refractivity contribution is -0.141. The van der Waals surface area contributed by atoms with E-state index in [0.29, 0.717) is 5.69 Å². The average molecular weight is 406 g/mol. The third kappa shape index (κ3) is 4.51. The van der Waals surface area contributed by atoms with Crippen molar-refractivity contribution in [3.05, 3.63) is 72.4 Å². The monoisotopic (exact) mass is 406 g/mol. The van der Waals surface area contributed by atoms with Crippen molar-refractivity contribution in [2.75, 3.05) is 23.3 Å². The van der Waals surface area contributed by atoms with Gasteiger partial charge in [-0.2, -0.15) is 0 Å². The van der Waals surface area contributed by atoms with Gasteiger partial charge in [0.25, 0.3) is 0 Å². The SMILES string of the molecule is C=C(Nc1ccc(N(CC)CC)cc1)[C@@H]1C(=O)NC(=O)N(Cc2ccccc2)C1=O. The van der Waals surface area contributed by atoms with Gasteiger partial charge in [0.2, 0.25) is 11.8 Å². The Morgan fingerprint density at radius 2 is 1.67 bits per heavy atom. The van der Waals surface area contributed by atoms with Crippen molar-refractivity contribution in [2.24, 2.45) is 5.92 Å². The molecule has 7 nitrogen and oxygen atoms in total. The highest BCUT2D eigenvalue weighted by molar-refractivity contribution is 6.17. The zero-order valence-electron chi connectivity index (χ0n) is 17.2. The molecule has 1 saturated heterocycles. The normalized spacial score (nSPS) is 16.3. The largest absolute Gasteiger partial charge is 0.372 e. The smallest absolute Gasteiger partial charge is 0.331 e. The van der Waals surface area contributed by atoms with Gasteiger partial charge in [-0.1, -0.05) is 36.9 Å². The van der Waals surface area contributed by atoms with Crippen molar-refractivity contribution in [1.82, 2.24) is 10.2 Å². The van der Waals surface area contributed by atoms with Crippen LogP contribution in [0.25, 0.3) is 0 Å². The Bertz CT molecular complexity index is 937. The highest BCUT2D eigenvalue weighted by Crippen LogP contribution is 2.24. The Balaban J connectivity index is 1.73. The highest BCUT2D eigenvalue weighted by Gasteiger charge is 2.42. The second kappa shape index (κ2) is 9.26. The summed E-state index contributed by atoms with van der Waals surface area (Å²) in [5.74, 6) is -2.45. The topological polar surface area (TPSA) is 81.8 Å². The molecule has 0 radical (unpaired) electrons. The summed E-state index contributed by atoms with van der Waals surface area (Å²) in [6.07, 6.45) is 0. The van der Waals surface area contributed by atoms with Crippen LogP contribution in [0.4, 0.5) is 16.2 Å². The fraction of sp³-hybridized carbons (Fsp3) is 0.261. The van der Waals surface area contributed by atoms with Crippen molar-refractivity contribution in [1.29, 1.82) is 0 Å². The first-order valence-electron chi connectivity index (χ1n) is 9.95. The lowest BCUT2D eigenvalue weighted by atomic mass is 10.0. The zero-order valence-corrected chi connectivity index (χ0v) is 17.2. The van der Waals surface area contributed by atoms with Crippen LogP contribution in [0, 0.1) is 5.92 Å². The van der Waals surface area contributed by atoms with Gasteiger partial charge in [0.15, 0.2) is 5.92 Å². The van der Waals surface area contributed by atoms with Crippen LogP contribution in [0.5, 0.6) is 0 Å². The van der Waals surface area contributed by atoms with Gasteiger partial charge >= 0.3 is 6.03 Å². The van der Waals surface area contributed by atoms with Crippen LogP contribution in [0.15, 0.2) is 66.9 Å². The van der Waals surface area contributed by atoms with Gasteiger partial charge in [-0.25, -0.2) is 4.79 Å². The second-order valence-electron chi connectivity index (χ2n) is 7.01. The van der Waals surface area contributed by atoms with E-state index in [9.17, 15) is 14.4 Å². The van der Waals surface area contributed by atoms with Crippen LogP contribution in [0.1, 0.15) is 19.4 Å². The first-order valence-corrected chi connectivity index (χ1v) is 9.95. The van der Waals surface area contributed by atoms with Crippen molar-refractivity contribution in [2.45, 2.75) is 20.4 Å². The maximum Gasteiger partial charge on any atom is 0.331 e. The zero-order chi connectivity index (χ0) is 21.7. The van der Waals surface area contributed by atoms with Crippen LogP contribution < -0.4 is 15.5 Å². The Kier molecular flexibility index (Phi) is 6.51. The van der Waals surface area contributed by atoms with Crippen LogP contribution in [-0.4, -0.2) is 35.8 Å². The van der Waals surface area contributed by atoms with E-state index in [2.05, 4.69) is 36.0 Å². The number of benzene rings is 2. The third-order valence-electron chi connectivity index (χ3n) is 5.08. The first kappa shape index (κ1) is 21.1. The summed E-state index contributed by atoms with van der Waals surface area (Å²) in [7, 11) is 0. The molecule has 0 saturated carbocycles. The van der Waals surface area contributed by atoms with Crippen molar-refractivity contribution in [3.63, 3.8) is 0 Å². The average Bonchev–Trinajstić information content (AvgIpc) is 2.74. The van der Waals surface area contributed by atoms with Gasteiger partial charge in [-0.15, -0.1) is 0 Å². The number of amides is 4. The minimum atomic E-state index is -1.19. The number of urea groups is 1. The Labute approximate surface area is 176 Å². The van der Waals surface area contributed by atoms with Crippen LogP contribution in [0.3, 0.4) is 0 Å². The van der Waals surface area contributed by atoms with Crippen molar-refractivity contribution < 1.29 is 14.4 Å². The van der Waals surface area contributed by atoms with Crippen LogP contribution in [0.2, 0.25) is 0 Å². The molecule has 1 atom stereocenters. The van der Waals surface area contributed by atoms with Gasteiger partial charge in [0.05, 0.1) is 6.54 Å². The first-order chi connectivity index (χ1) is 14.4. The molecule has 1 aliphatic heterocycles. The molecule has 3 rings (SSSR count). The summed E-state index contributed by atoms with van der Waals surface area (Å²) in [5.41, 5.74) is 2.81. The fourth-order valence-corrected chi connectivity index (χ4v) is 3.44. The number of nitrogens with zero attached hydrogens (tertiary/aromatic N) is 2. The fourth-order valence-electron chi connectivity index (χ4n) is 3.44. The van der Waals surface area contributed by atoms with Gasteiger partial charge in [-0.3, -0.25) is 19.8 Å². The van der Waals surface area contributed by atoms with E-state index in [-0.39, 0.29) is 12.2 Å². The molecule has 0 spiro atoms. The number of barbiturate groups is 1. The molecule has 0 unspecified atom stereocenters. The highest BCUT2D eigenvalue weighted by atomic mass is 16.2. The Morgan fingerprint density at radius 1 is 1.03 bits per heavy atom. The summed E-state index contributed by atoms with van der Waals surface area (Å²) >= 11 is 0. The molecule has 2 aromatic rings. The third-order valence-corrected chi connectivity index (χ3v) is 5.08. The molecule has 0 bridgehead atoms. The van der Waals surface area contributed by atoms with Gasteiger partial charge < -0.3 is 10.2 Å². The van der Waals surface area contributed by atoms with Crippen LogP contribution >= 0.6 is 0 Å².